The molecule has 3 rings (SSSR count). The second kappa shape index (κ2) is 8.22. The highest BCUT2D eigenvalue weighted by atomic mass is 35.5. The lowest BCUT2D eigenvalue weighted by molar-refractivity contribution is 0.0926. The molecule has 7 heteroatoms. The molecule has 140 valence electrons. The summed E-state index contributed by atoms with van der Waals surface area (Å²) in [6.45, 7) is 1.83. The van der Waals surface area contributed by atoms with Crippen molar-refractivity contribution >= 4 is 17.5 Å². The number of hydrogen-bond acceptors (Lipinski definition) is 3. The maximum absolute atomic E-state index is 14.2. The van der Waals surface area contributed by atoms with Crippen LogP contribution < -0.4 is 10.1 Å². The topological polar surface area (TPSA) is 56.1 Å². The van der Waals surface area contributed by atoms with Gasteiger partial charge in [-0.25, -0.2) is 4.39 Å². The molecule has 0 saturated heterocycles. The van der Waals surface area contributed by atoms with E-state index in [1.165, 1.54) is 19.2 Å². The number of halogens is 2. The fourth-order valence-electron chi connectivity index (χ4n) is 2.97. The number of carbonyl (C=O) groups excluding carboxylic acids is 1. The predicted molar refractivity (Wildman–Crippen MR) is 102 cm³/mol. The molecule has 2 atom stereocenters. The average molecular weight is 388 g/mol. The minimum atomic E-state index is -0.646. The number of rotatable bonds is 6. The molecule has 0 aliphatic heterocycles. The Morgan fingerprint density at radius 1 is 1.26 bits per heavy atom. The van der Waals surface area contributed by atoms with Gasteiger partial charge in [-0.05, 0) is 36.8 Å². The van der Waals surface area contributed by atoms with Gasteiger partial charge in [-0.1, -0.05) is 29.8 Å². The number of hydrogen-bond donors (Lipinski definition) is 1. The monoisotopic (exact) mass is 387 g/mol. The molecule has 0 aliphatic carbocycles. The Hall–Kier alpha value is -2.86. The Labute approximate surface area is 161 Å². The van der Waals surface area contributed by atoms with Gasteiger partial charge in [0.05, 0.1) is 24.8 Å². The smallest absolute Gasteiger partial charge is 0.254 e. The van der Waals surface area contributed by atoms with Crippen molar-refractivity contribution in [2.75, 3.05) is 7.11 Å². The van der Waals surface area contributed by atoms with Crippen LogP contribution in [0.4, 0.5) is 4.39 Å². The molecule has 27 heavy (non-hydrogen) atoms. The van der Waals surface area contributed by atoms with E-state index in [-0.39, 0.29) is 11.6 Å². The number of benzene rings is 2. The molecule has 0 saturated carbocycles. The zero-order valence-electron chi connectivity index (χ0n) is 14.9. The van der Waals surface area contributed by atoms with Gasteiger partial charge in [-0.15, -0.1) is 0 Å². The summed E-state index contributed by atoms with van der Waals surface area (Å²) in [6.07, 6.45) is 3.45. The molecule has 5 nitrogen and oxygen atoms in total. The fraction of sp³-hybridized carbons (Fsp3) is 0.200. The van der Waals surface area contributed by atoms with Gasteiger partial charge in [0.2, 0.25) is 0 Å². The van der Waals surface area contributed by atoms with Gasteiger partial charge in [0.25, 0.3) is 5.91 Å². The first-order valence-corrected chi connectivity index (χ1v) is 8.77. The van der Waals surface area contributed by atoms with Gasteiger partial charge in [-0.3, -0.25) is 9.48 Å². The summed E-state index contributed by atoms with van der Waals surface area (Å²) in [5.41, 5.74) is 0.756. The average Bonchev–Trinajstić information content (AvgIpc) is 3.17. The Balaban J connectivity index is 1.88. The van der Waals surface area contributed by atoms with E-state index in [9.17, 15) is 9.18 Å². The number of ether oxygens (including phenoxy) is 1. The van der Waals surface area contributed by atoms with Crippen LogP contribution in [0.15, 0.2) is 60.9 Å². The van der Waals surface area contributed by atoms with Crippen LogP contribution in [0.1, 0.15) is 28.9 Å². The first-order chi connectivity index (χ1) is 13.0. The van der Waals surface area contributed by atoms with Crippen molar-refractivity contribution in [2.45, 2.75) is 19.0 Å². The lowest BCUT2D eigenvalue weighted by Gasteiger charge is -2.26. The summed E-state index contributed by atoms with van der Waals surface area (Å²) in [7, 11) is 1.44. The molecule has 1 aromatic heterocycles. The van der Waals surface area contributed by atoms with Crippen LogP contribution in [0.2, 0.25) is 5.02 Å². The van der Waals surface area contributed by atoms with Gasteiger partial charge in [0, 0.05) is 23.5 Å². The molecule has 0 bridgehead atoms. The van der Waals surface area contributed by atoms with Crippen molar-refractivity contribution in [1.82, 2.24) is 15.1 Å². The second-order valence-corrected chi connectivity index (χ2v) is 6.47. The van der Waals surface area contributed by atoms with E-state index >= 15 is 0 Å². The van der Waals surface area contributed by atoms with Crippen molar-refractivity contribution in [3.8, 4) is 5.75 Å². The van der Waals surface area contributed by atoms with Crippen LogP contribution in [0.25, 0.3) is 0 Å². The van der Waals surface area contributed by atoms with Crippen LogP contribution in [0.5, 0.6) is 5.75 Å². The maximum atomic E-state index is 14.2. The number of nitrogens with zero attached hydrogens (tertiary/aromatic N) is 2. The summed E-state index contributed by atoms with van der Waals surface area (Å²) in [4.78, 5) is 12.6. The van der Waals surface area contributed by atoms with Crippen molar-refractivity contribution in [1.29, 1.82) is 0 Å². The summed E-state index contributed by atoms with van der Waals surface area (Å²) in [5.74, 6) is -0.818. The third-order valence-corrected chi connectivity index (χ3v) is 4.63. The van der Waals surface area contributed by atoms with Gasteiger partial charge >= 0.3 is 0 Å². The minimum absolute atomic E-state index is 0.0546. The van der Waals surface area contributed by atoms with Crippen LogP contribution in [-0.2, 0) is 0 Å². The van der Waals surface area contributed by atoms with E-state index in [0.29, 0.717) is 10.8 Å². The van der Waals surface area contributed by atoms with Gasteiger partial charge < -0.3 is 10.1 Å². The van der Waals surface area contributed by atoms with E-state index in [1.54, 1.807) is 35.3 Å². The molecule has 0 spiro atoms. The Bertz CT molecular complexity index is 931. The molecule has 1 N–H and O–H groups in total. The van der Waals surface area contributed by atoms with E-state index in [2.05, 4.69) is 10.4 Å². The van der Waals surface area contributed by atoms with Gasteiger partial charge in [-0.2, -0.15) is 5.10 Å². The number of methoxy groups -OCH3 is 1. The summed E-state index contributed by atoms with van der Waals surface area (Å²) in [6, 6.07) is 12.5. The standard InChI is InChI=1S/C20H19ClFN3O2/c1-13(24-20(26)16-9-8-14(27-2)12-18(16)22)19(25-11-5-10-23-25)15-6-3-4-7-17(15)21/h3-13,19H,1-2H3,(H,24,26)/t13-,19-/m1/s1. The largest absolute Gasteiger partial charge is 0.497 e. The molecule has 3 aromatic rings. The van der Waals surface area contributed by atoms with E-state index in [0.717, 1.165) is 5.56 Å². The van der Waals surface area contributed by atoms with Crippen molar-refractivity contribution in [3.63, 3.8) is 0 Å². The van der Waals surface area contributed by atoms with E-state index in [4.69, 9.17) is 16.3 Å². The zero-order valence-corrected chi connectivity index (χ0v) is 15.7. The Morgan fingerprint density at radius 3 is 2.67 bits per heavy atom. The molecule has 0 aliphatic rings. The van der Waals surface area contributed by atoms with Crippen molar-refractivity contribution in [3.05, 3.63) is 82.9 Å². The lowest BCUT2D eigenvalue weighted by atomic mass is 10.00. The molecule has 0 unspecified atom stereocenters. The highest BCUT2D eigenvalue weighted by molar-refractivity contribution is 6.31. The van der Waals surface area contributed by atoms with Crippen LogP contribution in [-0.4, -0.2) is 28.8 Å². The maximum Gasteiger partial charge on any atom is 0.254 e. The second-order valence-electron chi connectivity index (χ2n) is 6.06. The summed E-state index contributed by atoms with van der Waals surface area (Å²) in [5, 5.41) is 7.71. The molecule has 1 amide bonds. The Kier molecular flexibility index (Phi) is 5.76. The van der Waals surface area contributed by atoms with Crippen molar-refractivity contribution < 1.29 is 13.9 Å². The lowest BCUT2D eigenvalue weighted by Crippen LogP contribution is -2.40. The Morgan fingerprint density at radius 2 is 2.04 bits per heavy atom. The molecular formula is C20H19ClFN3O2. The van der Waals surface area contributed by atoms with E-state index in [1.807, 2.05) is 25.1 Å². The molecule has 2 aromatic carbocycles. The fourth-order valence-corrected chi connectivity index (χ4v) is 3.22. The molecule has 1 heterocycles. The summed E-state index contributed by atoms with van der Waals surface area (Å²) < 4.78 is 20.9. The number of aromatic nitrogens is 2. The van der Waals surface area contributed by atoms with E-state index < -0.39 is 17.8 Å². The molecule has 0 fully saturated rings. The number of amides is 1. The first-order valence-electron chi connectivity index (χ1n) is 8.39. The molecule has 0 radical (unpaired) electrons. The van der Waals surface area contributed by atoms with Crippen LogP contribution >= 0.6 is 11.6 Å². The third kappa shape index (κ3) is 4.11. The van der Waals surface area contributed by atoms with Crippen LogP contribution in [0, 0.1) is 5.82 Å². The zero-order chi connectivity index (χ0) is 19.4. The van der Waals surface area contributed by atoms with Crippen molar-refractivity contribution in [2.24, 2.45) is 0 Å². The first kappa shape index (κ1) is 18.9. The van der Waals surface area contributed by atoms with Gasteiger partial charge in [0.15, 0.2) is 0 Å². The summed E-state index contributed by atoms with van der Waals surface area (Å²) >= 11 is 6.36. The molecular weight excluding hydrogens is 369 g/mol. The highest BCUT2D eigenvalue weighted by Gasteiger charge is 2.26. The number of carbonyl (C=O) groups is 1. The third-order valence-electron chi connectivity index (χ3n) is 4.29. The highest BCUT2D eigenvalue weighted by Crippen LogP contribution is 2.28. The number of nitrogens with one attached hydrogen (secondary N) is 1. The normalized spacial score (nSPS) is 13.0. The van der Waals surface area contributed by atoms with Crippen LogP contribution in [0.3, 0.4) is 0 Å². The quantitative estimate of drug-likeness (QED) is 0.693. The minimum Gasteiger partial charge on any atom is -0.497 e. The SMILES string of the molecule is COc1ccc(C(=O)N[C@H](C)[C@H](c2ccccc2Cl)n2cccn2)c(F)c1. The predicted octanol–water partition coefficient (Wildman–Crippen LogP) is 4.09. The van der Waals surface area contributed by atoms with Gasteiger partial charge in [0.1, 0.15) is 11.6 Å².